The minimum atomic E-state index is -0.413. The molecule has 0 aliphatic heterocycles. The van der Waals surface area contributed by atoms with Crippen LogP contribution < -0.4 is 0 Å². The summed E-state index contributed by atoms with van der Waals surface area (Å²) in [5.41, 5.74) is 0.941. The lowest BCUT2D eigenvalue weighted by atomic mass is 10.1. The van der Waals surface area contributed by atoms with E-state index in [0.29, 0.717) is 0 Å². The summed E-state index contributed by atoms with van der Waals surface area (Å²) in [6.07, 6.45) is 0.840. The van der Waals surface area contributed by atoms with Crippen molar-refractivity contribution in [3.8, 4) is 11.3 Å². The Bertz CT molecular complexity index is 499. The molecule has 0 spiro atoms. The van der Waals surface area contributed by atoms with Crippen LogP contribution in [0.1, 0.15) is 12.7 Å². The molecule has 82 valence electrons. The first-order valence-electron chi connectivity index (χ1n) is 5.04. The molecule has 0 bridgehead atoms. The Labute approximate surface area is 92.7 Å². The standard InChI is InChI=1S/C12H11NO3/c1-2-11-7-8-12(16-11)9-3-5-10(6-4-9)13(14)15/h3-8H,2H2,1H3. The number of non-ortho nitro benzene ring substituents is 1. The van der Waals surface area contributed by atoms with E-state index in [9.17, 15) is 10.1 Å². The van der Waals surface area contributed by atoms with Gasteiger partial charge in [-0.15, -0.1) is 0 Å². The summed E-state index contributed by atoms with van der Waals surface area (Å²) in [7, 11) is 0. The van der Waals surface area contributed by atoms with Gasteiger partial charge in [-0.05, 0) is 24.3 Å². The predicted molar refractivity (Wildman–Crippen MR) is 60.2 cm³/mol. The number of nitro benzene ring substituents is 1. The fourth-order valence-electron chi connectivity index (χ4n) is 1.47. The molecule has 0 aliphatic carbocycles. The molecule has 16 heavy (non-hydrogen) atoms. The summed E-state index contributed by atoms with van der Waals surface area (Å²) in [4.78, 5) is 10.1. The maximum Gasteiger partial charge on any atom is 0.269 e. The molecular formula is C12H11NO3. The summed E-state index contributed by atoms with van der Waals surface area (Å²) in [5.74, 6) is 1.65. The fraction of sp³-hybridized carbons (Fsp3) is 0.167. The second kappa shape index (κ2) is 4.18. The van der Waals surface area contributed by atoms with Gasteiger partial charge in [0.05, 0.1) is 4.92 Å². The Kier molecular flexibility index (Phi) is 2.72. The van der Waals surface area contributed by atoms with Gasteiger partial charge in [0.1, 0.15) is 11.5 Å². The van der Waals surface area contributed by atoms with E-state index in [4.69, 9.17) is 4.42 Å². The lowest BCUT2D eigenvalue weighted by Crippen LogP contribution is -1.86. The van der Waals surface area contributed by atoms with Gasteiger partial charge >= 0.3 is 0 Å². The highest BCUT2D eigenvalue weighted by Gasteiger charge is 2.07. The van der Waals surface area contributed by atoms with Gasteiger partial charge in [-0.3, -0.25) is 10.1 Å². The van der Waals surface area contributed by atoms with E-state index < -0.39 is 4.92 Å². The molecule has 4 heteroatoms. The van der Waals surface area contributed by atoms with Crippen LogP contribution in [0.2, 0.25) is 0 Å². The lowest BCUT2D eigenvalue weighted by Gasteiger charge is -1.96. The molecule has 1 aromatic carbocycles. The maximum atomic E-state index is 10.5. The molecule has 0 N–H and O–H groups in total. The Hall–Kier alpha value is -2.10. The van der Waals surface area contributed by atoms with Crippen LogP contribution in [0, 0.1) is 10.1 Å². The highest BCUT2D eigenvalue weighted by atomic mass is 16.6. The highest BCUT2D eigenvalue weighted by Crippen LogP contribution is 2.24. The Morgan fingerprint density at radius 1 is 1.19 bits per heavy atom. The van der Waals surface area contributed by atoms with Gasteiger partial charge in [0.15, 0.2) is 0 Å². The average Bonchev–Trinajstić information content (AvgIpc) is 2.77. The molecule has 2 rings (SSSR count). The third-order valence-electron chi connectivity index (χ3n) is 2.37. The second-order valence-electron chi connectivity index (χ2n) is 3.42. The van der Waals surface area contributed by atoms with E-state index in [1.165, 1.54) is 12.1 Å². The topological polar surface area (TPSA) is 56.3 Å². The van der Waals surface area contributed by atoms with Gasteiger partial charge in [0.25, 0.3) is 5.69 Å². The minimum Gasteiger partial charge on any atom is -0.461 e. The van der Waals surface area contributed by atoms with E-state index in [0.717, 1.165) is 23.5 Å². The van der Waals surface area contributed by atoms with Crippen molar-refractivity contribution in [1.29, 1.82) is 0 Å². The predicted octanol–water partition coefficient (Wildman–Crippen LogP) is 3.42. The van der Waals surface area contributed by atoms with Crippen LogP contribution in [0.25, 0.3) is 11.3 Å². The van der Waals surface area contributed by atoms with Crippen LogP contribution in [0.5, 0.6) is 0 Å². The zero-order chi connectivity index (χ0) is 11.5. The zero-order valence-corrected chi connectivity index (χ0v) is 8.84. The average molecular weight is 217 g/mol. The molecule has 0 atom stereocenters. The zero-order valence-electron chi connectivity index (χ0n) is 8.84. The van der Waals surface area contributed by atoms with E-state index >= 15 is 0 Å². The van der Waals surface area contributed by atoms with Crippen molar-refractivity contribution in [2.24, 2.45) is 0 Å². The number of furan rings is 1. The van der Waals surface area contributed by atoms with Crippen molar-refractivity contribution in [2.45, 2.75) is 13.3 Å². The van der Waals surface area contributed by atoms with Gasteiger partial charge in [-0.1, -0.05) is 6.92 Å². The number of aryl methyl sites for hydroxylation is 1. The first-order valence-corrected chi connectivity index (χ1v) is 5.04. The van der Waals surface area contributed by atoms with Crippen molar-refractivity contribution >= 4 is 5.69 Å². The normalized spacial score (nSPS) is 10.3. The minimum absolute atomic E-state index is 0.0889. The van der Waals surface area contributed by atoms with E-state index in [1.54, 1.807) is 12.1 Å². The molecule has 0 fully saturated rings. The molecule has 2 aromatic rings. The molecule has 0 amide bonds. The lowest BCUT2D eigenvalue weighted by molar-refractivity contribution is -0.384. The second-order valence-corrected chi connectivity index (χ2v) is 3.42. The first-order chi connectivity index (χ1) is 7.70. The highest BCUT2D eigenvalue weighted by molar-refractivity contribution is 5.59. The number of hydrogen-bond acceptors (Lipinski definition) is 3. The van der Waals surface area contributed by atoms with Crippen LogP contribution in [-0.4, -0.2) is 4.92 Å². The first kappa shape index (κ1) is 10.4. The van der Waals surface area contributed by atoms with Crippen molar-refractivity contribution in [1.82, 2.24) is 0 Å². The molecular weight excluding hydrogens is 206 g/mol. The molecule has 1 heterocycles. The molecule has 4 nitrogen and oxygen atoms in total. The van der Waals surface area contributed by atoms with Gasteiger partial charge in [0, 0.05) is 24.1 Å². The van der Waals surface area contributed by atoms with Crippen molar-refractivity contribution in [3.63, 3.8) is 0 Å². The van der Waals surface area contributed by atoms with Gasteiger partial charge < -0.3 is 4.42 Å². The van der Waals surface area contributed by atoms with Crippen LogP contribution >= 0.6 is 0 Å². The number of hydrogen-bond donors (Lipinski definition) is 0. The third-order valence-corrected chi connectivity index (χ3v) is 2.37. The molecule has 0 radical (unpaired) electrons. The number of benzene rings is 1. The van der Waals surface area contributed by atoms with Crippen LogP contribution in [-0.2, 0) is 6.42 Å². The van der Waals surface area contributed by atoms with Gasteiger partial charge in [-0.2, -0.15) is 0 Å². The monoisotopic (exact) mass is 217 g/mol. The van der Waals surface area contributed by atoms with Gasteiger partial charge in [0.2, 0.25) is 0 Å². The fourth-order valence-corrected chi connectivity index (χ4v) is 1.47. The Morgan fingerprint density at radius 2 is 1.88 bits per heavy atom. The van der Waals surface area contributed by atoms with Crippen LogP contribution in [0.15, 0.2) is 40.8 Å². The quantitative estimate of drug-likeness (QED) is 0.584. The number of rotatable bonds is 3. The molecule has 0 saturated heterocycles. The Morgan fingerprint density at radius 3 is 2.38 bits per heavy atom. The molecule has 0 aliphatic rings. The molecule has 0 unspecified atom stereocenters. The summed E-state index contributed by atoms with van der Waals surface area (Å²) in [6, 6.07) is 10.1. The SMILES string of the molecule is CCc1ccc(-c2ccc([N+](=O)[O-])cc2)o1. The van der Waals surface area contributed by atoms with E-state index in [1.807, 2.05) is 19.1 Å². The number of nitro groups is 1. The van der Waals surface area contributed by atoms with Crippen LogP contribution in [0.3, 0.4) is 0 Å². The maximum absolute atomic E-state index is 10.5. The Balaban J connectivity index is 2.30. The summed E-state index contributed by atoms with van der Waals surface area (Å²) < 4.78 is 5.55. The summed E-state index contributed by atoms with van der Waals surface area (Å²) >= 11 is 0. The van der Waals surface area contributed by atoms with E-state index in [-0.39, 0.29) is 5.69 Å². The van der Waals surface area contributed by atoms with Crippen molar-refractivity contribution in [2.75, 3.05) is 0 Å². The van der Waals surface area contributed by atoms with E-state index in [2.05, 4.69) is 0 Å². The summed E-state index contributed by atoms with van der Waals surface area (Å²) in [5, 5.41) is 10.5. The largest absolute Gasteiger partial charge is 0.461 e. The molecule has 1 aromatic heterocycles. The molecule has 0 saturated carbocycles. The van der Waals surface area contributed by atoms with Crippen molar-refractivity contribution < 1.29 is 9.34 Å². The van der Waals surface area contributed by atoms with Crippen LogP contribution in [0.4, 0.5) is 5.69 Å². The van der Waals surface area contributed by atoms with Crippen molar-refractivity contribution in [3.05, 3.63) is 52.3 Å². The number of nitrogens with zero attached hydrogens (tertiary/aromatic N) is 1. The third kappa shape index (κ3) is 1.95. The summed E-state index contributed by atoms with van der Waals surface area (Å²) in [6.45, 7) is 2.01. The van der Waals surface area contributed by atoms with Gasteiger partial charge in [-0.25, -0.2) is 0 Å². The smallest absolute Gasteiger partial charge is 0.269 e.